The van der Waals surface area contributed by atoms with Gasteiger partial charge in [-0.15, -0.1) is 10.2 Å². The number of thioether (sulfide) groups is 1. The van der Waals surface area contributed by atoms with Gasteiger partial charge in [-0.25, -0.2) is 0 Å². The average molecular weight is 389 g/mol. The zero-order valence-corrected chi connectivity index (χ0v) is 15.6. The highest BCUT2D eigenvalue weighted by molar-refractivity contribution is 7.99. The summed E-state index contributed by atoms with van der Waals surface area (Å²) in [6, 6.07) is 14.3. The van der Waals surface area contributed by atoms with E-state index < -0.39 is 0 Å². The lowest BCUT2D eigenvalue weighted by atomic mass is 10.2. The van der Waals surface area contributed by atoms with Gasteiger partial charge < -0.3 is 15.0 Å². The maximum absolute atomic E-state index is 12.2. The van der Waals surface area contributed by atoms with Crippen molar-refractivity contribution in [1.29, 1.82) is 0 Å². The van der Waals surface area contributed by atoms with Crippen molar-refractivity contribution in [3.05, 3.63) is 53.6 Å². The zero-order valence-electron chi connectivity index (χ0n) is 14.0. The number of nitrogens with zero attached hydrogens (tertiary/aromatic N) is 3. The largest absolute Gasteiger partial charge is 0.506 e. The molecule has 0 unspecified atom stereocenters. The summed E-state index contributed by atoms with van der Waals surface area (Å²) in [6.07, 6.45) is 0. The van der Waals surface area contributed by atoms with Gasteiger partial charge in [0.2, 0.25) is 5.91 Å². The standard InChI is InChI=1S/C18H17ClN4O2S/c1-2-23-17(12-6-4-3-5-7-12)21-22-18(23)26-11-16(25)20-14-10-13(19)8-9-15(14)24/h3-10,24H,2,11H2,1H3,(H,20,25). The number of aromatic nitrogens is 3. The van der Waals surface area contributed by atoms with Crippen LogP contribution in [0.4, 0.5) is 5.69 Å². The average Bonchev–Trinajstić information content (AvgIpc) is 3.06. The fourth-order valence-electron chi connectivity index (χ4n) is 2.41. The number of hydrogen-bond acceptors (Lipinski definition) is 5. The van der Waals surface area contributed by atoms with E-state index in [4.69, 9.17) is 11.6 Å². The van der Waals surface area contributed by atoms with Gasteiger partial charge in [-0.3, -0.25) is 4.79 Å². The van der Waals surface area contributed by atoms with E-state index in [-0.39, 0.29) is 23.1 Å². The molecule has 1 aromatic heterocycles. The van der Waals surface area contributed by atoms with Crippen LogP contribution in [-0.2, 0) is 11.3 Å². The van der Waals surface area contributed by atoms with E-state index in [1.54, 1.807) is 6.07 Å². The Morgan fingerprint density at radius 3 is 2.73 bits per heavy atom. The Hall–Kier alpha value is -2.51. The first-order valence-electron chi connectivity index (χ1n) is 7.98. The Bertz CT molecular complexity index is 915. The maximum atomic E-state index is 12.2. The van der Waals surface area contributed by atoms with E-state index in [0.29, 0.717) is 16.7 Å². The van der Waals surface area contributed by atoms with Crippen LogP contribution < -0.4 is 5.32 Å². The Morgan fingerprint density at radius 2 is 2.00 bits per heavy atom. The molecule has 2 N–H and O–H groups in total. The van der Waals surface area contributed by atoms with Crippen molar-refractivity contribution in [3.63, 3.8) is 0 Å². The number of benzene rings is 2. The van der Waals surface area contributed by atoms with Gasteiger partial charge >= 0.3 is 0 Å². The van der Waals surface area contributed by atoms with Gasteiger partial charge in [0.25, 0.3) is 0 Å². The minimum atomic E-state index is -0.264. The summed E-state index contributed by atoms with van der Waals surface area (Å²) in [7, 11) is 0. The predicted octanol–water partition coefficient (Wildman–Crippen LogP) is 4.05. The fraction of sp³-hybridized carbons (Fsp3) is 0.167. The Labute approximate surface area is 160 Å². The Balaban J connectivity index is 1.69. The molecule has 3 rings (SSSR count). The van der Waals surface area contributed by atoms with E-state index in [0.717, 1.165) is 11.4 Å². The first kappa shape index (κ1) is 18.3. The summed E-state index contributed by atoms with van der Waals surface area (Å²) >= 11 is 7.17. The fourth-order valence-corrected chi connectivity index (χ4v) is 3.38. The van der Waals surface area contributed by atoms with Crippen LogP contribution in [-0.4, -0.2) is 31.5 Å². The lowest BCUT2D eigenvalue weighted by molar-refractivity contribution is -0.113. The van der Waals surface area contributed by atoms with Crippen molar-refractivity contribution < 1.29 is 9.90 Å². The topological polar surface area (TPSA) is 80.0 Å². The van der Waals surface area contributed by atoms with E-state index in [1.807, 2.05) is 41.8 Å². The molecule has 1 heterocycles. The van der Waals surface area contributed by atoms with Crippen molar-refractivity contribution in [2.75, 3.05) is 11.1 Å². The number of carbonyl (C=O) groups excluding carboxylic acids is 1. The molecule has 0 fully saturated rings. The highest BCUT2D eigenvalue weighted by Gasteiger charge is 2.15. The monoisotopic (exact) mass is 388 g/mol. The number of nitrogens with one attached hydrogen (secondary N) is 1. The van der Waals surface area contributed by atoms with Gasteiger partial charge in [0.1, 0.15) is 5.75 Å². The van der Waals surface area contributed by atoms with Crippen molar-refractivity contribution in [2.45, 2.75) is 18.6 Å². The summed E-state index contributed by atoms with van der Waals surface area (Å²) in [6.45, 7) is 2.69. The Kier molecular flexibility index (Phi) is 5.80. The molecule has 26 heavy (non-hydrogen) atoms. The lowest BCUT2D eigenvalue weighted by Gasteiger charge is -2.09. The molecule has 0 aliphatic heterocycles. The molecule has 0 aliphatic carbocycles. The number of halogens is 1. The van der Waals surface area contributed by atoms with Crippen LogP contribution >= 0.6 is 23.4 Å². The molecular weight excluding hydrogens is 372 g/mol. The van der Waals surface area contributed by atoms with Gasteiger partial charge in [-0.05, 0) is 25.1 Å². The SMILES string of the molecule is CCn1c(SCC(=O)Nc2cc(Cl)ccc2O)nnc1-c1ccccc1. The van der Waals surface area contributed by atoms with E-state index >= 15 is 0 Å². The number of amides is 1. The molecular formula is C18H17ClN4O2S. The molecule has 134 valence electrons. The predicted molar refractivity (Wildman–Crippen MR) is 104 cm³/mol. The molecule has 0 saturated heterocycles. The molecule has 0 saturated carbocycles. The molecule has 3 aromatic rings. The number of carbonyl (C=O) groups is 1. The number of rotatable bonds is 6. The molecule has 8 heteroatoms. The second kappa shape index (κ2) is 8.25. The summed E-state index contributed by atoms with van der Waals surface area (Å²) in [4.78, 5) is 12.2. The third kappa shape index (κ3) is 4.17. The van der Waals surface area contributed by atoms with Gasteiger partial charge in [-0.2, -0.15) is 0 Å². The number of anilines is 1. The summed E-state index contributed by atoms with van der Waals surface area (Å²) in [5, 5.41) is 22.0. The number of hydrogen-bond donors (Lipinski definition) is 2. The second-order valence-electron chi connectivity index (χ2n) is 5.41. The van der Waals surface area contributed by atoms with Gasteiger partial charge in [0.05, 0.1) is 11.4 Å². The summed E-state index contributed by atoms with van der Waals surface area (Å²) in [5.41, 5.74) is 1.26. The summed E-state index contributed by atoms with van der Waals surface area (Å²) in [5.74, 6) is 0.609. The van der Waals surface area contributed by atoms with Gasteiger partial charge in [0.15, 0.2) is 11.0 Å². The van der Waals surface area contributed by atoms with Crippen LogP contribution in [0.15, 0.2) is 53.7 Å². The lowest BCUT2D eigenvalue weighted by Crippen LogP contribution is -2.14. The van der Waals surface area contributed by atoms with Crippen molar-refractivity contribution in [3.8, 4) is 17.1 Å². The molecule has 2 aromatic carbocycles. The first-order chi connectivity index (χ1) is 12.6. The summed E-state index contributed by atoms with van der Waals surface area (Å²) < 4.78 is 1.96. The van der Waals surface area contributed by atoms with E-state index in [2.05, 4.69) is 15.5 Å². The van der Waals surface area contributed by atoms with Crippen molar-refractivity contribution in [2.24, 2.45) is 0 Å². The van der Waals surface area contributed by atoms with Crippen LogP contribution in [0, 0.1) is 0 Å². The Morgan fingerprint density at radius 1 is 1.23 bits per heavy atom. The molecule has 6 nitrogen and oxygen atoms in total. The minimum absolute atomic E-state index is 0.0316. The number of phenolic OH excluding ortho intramolecular Hbond substituents is 1. The van der Waals surface area contributed by atoms with Crippen molar-refractivity contribution >= 4 is 35.0 Å². The van der Waals surface area contributed by atoms with E-state index in [1.165, 1.54) is 23.9 Å². The molecule has 0 atom stereocenters. The quantitative estimate of drug-likeness (QED) is 0.491. The van der Waals surface area contributed by atoms with Crippen LogP contribution in [0.3, 0.4) is 0 Å². The van der Waals surface area contributed by atoms with Gasteiger partial charge in [-0.1, -0.05) is 53.7 Å². The highest BCUT2D eigenvalue weighted by atomic mass is 35.5. The van der Waals surface area contributed by atoms with Crippen LogP contribution in [0.5, 0.6) is 5.75 Å². The normalized spacial score (nSPS) is 10.7. The van der Waals surface area contributed by atoms with E-state index in [9.17, 15) is 9.90 Å². The van der Waals surface area contributed by atoms with Crippen molar-refractivity contribution in [1.82, 2.24) is 14.8 Å². The van der Waals surface area contributed by atoms with Crippen LogP contribution in [0.1, 0.15) is 6.92 Å². The maximum Gasteiger partial charge on any atom is 0.234 e. The molecule has 0 bridgehead atoms. The molecule has 0 spiro atoms. The number of phenols is 1. The highest BCUT2D eigenvalue weighted by Crippen LogP contribution is 2.27. The minimum Gasteiger partial charge on any atom is -0.506 e. The second-order valence-corrected chi connectivity index (χ2v) is 6.79. The van der Waals surface area contributed by atoms with Crippen LogP contribution in [0.2, 0.25) is 5.02 Å². The van der Waals surface area contributed by atoms with Crippen LogP contribution in [0.25, 0.3) is 11.4 Å². The molecule has 0 aliphatic rings. The first-order valence-corrected chi connectivity index (χ1v) is 9.34. The molecule has 1 amide bonds. The third-order valence-corrected chi connectivity index (χ3v) is 4.83. The number of aromatic hydroxyl groups is 1. The molecule has 0 radical (unpaired) electrons. The zero-order chi connectivity index (χ0) is 18.5. The van der Waals surface area contributed by atoms with Gasteiger partial charge in [0, 0.05) is 17.1 Å². The smallest absolute Gasteiger partial charge is 0.234 e. The third-order valence-electron chi connectivity index (χ3n) is 3.63.